The first-order chi connectivity index (χ1) is 13.6. The third kappa shape index (κ3) is 4.13. The molecule has 0 aliphatic heterocycles. The van der Waals surface area contributed by atoms with Crippen molar-refractivity contribution in [3.05, 3.63) is 63.8 Å². The molecule has 0 bridgehead atoms. The van der Waals surface area contributed by atoms with Crippen LogP contribution in [-0.4, -0.2) is 25.8 Å². The molecule has 7 nitrogen and oxygen atoms in total. The second kappa shape index (κ2) is 7.95. The largest absolute Gasteiger partial charge is 0.339 e. The molecule has 0 radical (unpaired) electrons. The molecule has 4 aromatic rings. The fraction of sp³-hybridized carbons (Fsp3) is 0.158. The molecule has 0 aliphatic rings. The number of anilines is 1. The van der Waals surface area contributed by atoms with E-state index in [9.17, 15) is 4.79 Å². The molecule has 0 fully saturated rings. The summed E-state index contributed by atoms with van der Waals surface area (Å²) in [6.07, 6.45) is 0.568. The molecule has 28 heavy (non-hydrogen) atoms. The molecule has 0 unspecified atom stereocenters. The SMILES string of the molecule is Cc1cc(NC(=O)CCc2nc(-c3ccsc3)no2)n(-c2cccc(Cl)c2)n1. The summed E-state index contributed by atoms with van der Waals surface area (Å²) in [7, 11) is 0. The highest BCUT2D eigenvalue weighted by Gasteiger charge is 2.14. The molecule has 1 aromatic carbocycles. The molecule has 142 valence electrons. The molecule has 0 atom stereocenters. The highest BCUT2D eigenvalue weighted by Crippen LogP contribution is 2.21. The van der Waals surface area contributed by atoms with Crippen molar-refractivity contribution in [2.45, 2.75) is 19.8 Å². The van der Waals surface area contributed by atoms with Crippen LogP contribution in [0.15, 0.2) is 51.7 Å². The molecule has 1 N–H and O–H groups in total. The van der Waals surface area contributed by atoms with Crippen molar-refractivity contribution in [2.24, 2.45) is 0 Å². The Labute approximate surface area is 170 Å². The molecule has 0 spiro atoms. The van der Waals surface area contributed by atoms with Crippen LogP contribution in [-0.2, 0) is 11.2 Å². The first-order valence-corrected chi connectivity index (χ1v) is 9.88. The van der Waals surface area contributed by atoms with Gasteiger partial charge in [-0.1, -0.05) is 22.8 Å². The number of benzene rings is 1. The number of hydrogen-bond acceptors (Lipinski definition) is 6. The molecule has 0 aliphatic carbocycles. The Morgan fingerprint density at radius 2 is 2.21 bits per heavy atom. The third-order valence-corrected chi connectivity index (χ3v) is 4.88. The first kappa shape index (κ1) is 18.4. The molecule has 3 aromatic heterocycles. The minimum Gasteiger partial charge on any atom is -0.339 e. The molecule has 0 saturated heterocycles. The van der Waals surface area contributed by atoms with E-state index in [1.54, 1.807) is 34.2 Å². The number of nitrogens with one attached hydrogen (secondary N) is 1. The van der Waals surface area contributed by atoms with Gasteiger partial charge in [-0.3, -0.25) is 4.79 Å². The fourth-order valence-electron chi connectivity index (χ4n) is 2.68. The number of hydrogen-bond donors (Lipinski definition) is 1. The number of thiophene rings is 1. The summed E-state index contributed by atoms with van der Waals surface area (Å²) in [5.74, 6) is 1.37. The Kier molecular flexibility index (Phi) is 5.23. The summed E-state index contributed by atoms with van der Waals surface area (Å²) in [5, 5.41) is 15.8. The molecular formula is C19H16ClN5O2S. The summed E-state index contributed by atoms with van der Waals surface area (Å²) in [4.78, 5) is 16.7. The van der Waals surface area contributed by atoms with Crippen LogP contribution in [0.3, 0.4) is 0 Å². The number of nitrogens with zero attached hydrogens (tertiary/aromatic N) is 4. The van der Waals surface area contributed by atoms with Crippen molar-refractivity contribution in [1.82, 2.24) is 19.9 Å². The van der Waals surface area contributed by atoms with Gasteiger partial charge in [0.2, 0.25) is 17.6 Å². The summed E-state index contributed by atoms with van der Waals surface area (Å²) >= 11 is 7.63. The van der Waals surface area contributed by atoms with Crippen LogP contribution in [0.2, 0.25) is 5.02 Å². The van der Waals surface area contributed by atoms with E-state index in [1.165, 1.54) is 0 Å². The molecular weight excluding hydrogens is 398 g/mol. The standard InChI is InChI=1S/C19H16ClN5O2S/c1-12-9-16(25(23-12)15-4-2-3-14(20)10-15)21-17(26)5-6-18-22-19(24-27-18)13-7-8-28-11-13/h2-4,7-11H,5-6H2,1H3,(H,21,26). The maximum Gasteiger partial charge on any atom is 0.227 e. The highest BCUT2D eigenvalue weighted by molar-refractivity contribution is 7.08. The van der Waals surface area contributed by atoms with Crippen molar-refractivity contribution in [1.29, 1.82) is 0 Å². The van der Waals surface area contributed by atoms with Gasteiger partial charge in [-0.05, 0) is 36.6 Å². The monoisotopic (exact) mass is 413 g/mol. The zero-order chi connectivity index (χ0) is 19.5. The third-order valence-electron chi connectivity index (χ3n) is 3.97. The maximum absolute atomic E-state index is 12.4. The van der Waals surface area contributed by atoms with Gasteiger partial charge in [-0.15, -0.1) is 0 Å². The number of rotatable bonds is 6. The summed E-state index contributed by atoms with van der Waals surface area (Å²) in [6, 6.07) is 11.0. The van der Waals surface area contributed by atoms with Crippen molar-refractivity contribution in [2.75, 3.05) is 5.32 Å². The number of aryl methyl sites for hydroxylation is 2. The predicted molar refractivity (Wildman–Crippen MR) is 108 cm³/mol. The van der Waals surface area contributed by atoms with Gasteiger partial charge in [0, 0.05) is 34.9 Å². The summed E-state index contributed by atoms with van der Waals surface area (Å²) in [6.45, 7) is 1.86. The van der Waals surface area contributed by atoms with Gasteiger partial charge in [0.05, 0.1) is 11.4 Å². The molecule has 0 saturated carbocycles. The van der Waals surface area contributed by atoms with Crippen LogP contribution < -0.4 is 5.32 Å². The second-order valence-electron chi connectivity index (χ2n) is 6.13. The van der Waals surface area contributed by atoms with Gasteiger partial charge in [0.1, 0.15) is 5.82 Å². The second-order valence-corrected chi connectivity index (χ2v) is 7.35. The van der Waals surface area contributed by atoms with Gasteiger partial charge in [0.25, 0.3) is 0 Å². The quantitative estimate of drug-likeness (QED) is 0.502. The smallest absolute Gasteiger partial charge is 0.227 e. The lowest BCUT2D eigenvalue weighted by molar-refractivity contribution is -0.116. The highest BCUT2D eigenvalue weighted by atomic mass is 35.5. The van der Waals surface area contributed by atoms with Crippen LogP contribution in [0, 0.1) is 6.92 Å². The Morgan fingerprint density at radius 3 is 3.00 bits per heavy atom. The minimum atomic E-state index is -0.168. The number of amides is 1. The van der Waals surface area contributed by atoms with Gasteiger partial charge >= 0.3 is 0 Å². The molecule has 3 heterocycles. The molecule has 9 heteroatoms. The van der Waals surface area contributed by atoms with Crippen LogP contribution in [0.5, 0.6) is 0 Å². The van der Waals surface area contributed by atoms with Crippen LogP contribution in [0.1, 0.15) is 18.0 Å². The molecule has 1 amide bonds. The van der Waals surface area contributed by atoms with E-state index in [0.29, 0.717) is 29.0 Å². The predicted octanol–water partition coefficient (Wildman–Crippen LogP) is 4.52. The lowest BCUT2D eigenvalue weighted by Crippen LogP contribution is -2.15. The average Bonchev–Trinajstić information content (AvgIpc) is 3.41. The van der Waals surface area contributed by atoms with E-state index in [2.05, 4.69) is 20.6 Å². The minimum absolute atomic E-state index is 0.168. The van der Waals surface area contributed by atoms with Gasteiger partial charge in [-0.2, -0.15) is 21.4 Å². The zero-order valence-corrected chi connectivity index (χ0v) is 16.5. The number of aromatic nitrogens is 4. The van der Waals surface area contributed by atoms with E-state index in [4.69, 9.17) is 16.1 Å². The van der Waals surface area contributed by atoms with Gasteiger partial charge in [0.15, 0.2) is 0 Å². The van der Waals surface area contributed by atoms with Crippen LogP contribution >= 0.6 is 22.9 Å². The fourth-order valence-corrected chi connectivity index (χ4v) is 3.50. The van der Waals surface area contributed by atoms with Gasteiger partial charge in [-0.25, -0.2) is 4.68 Å². The van der Waals surface area contributed by atoms with Crippen LogP contribution in [0.25, 0.3) is 17.1 Å². The van der Waals surface area contributed by atoms with E-state index in [1.807, 2.05) is 35.9 Å². The Morgan fingerprint density at radius 1 is 1.32 bits per heavy atom. The van der Waals surface area contributed by atoms with Crippen molar-refractivity contribution < 1.29 is 9.32 Å². The van der Waals surface area contributed by atoms with Crippen LogP contribution in [0.4, 0.5) is 5.82 Å². The van der Waals surface area contributed by atoms with E-state index in [-0.39, 0.29) is 12.3 Å². The normalized spacial score (nSPS) is 10.9. The Bertz CT molecular complexity index is 1100. The summed E-state index contributed by atoms with van der Waals surface area (Å²) < 4.78 is 6.88. The van der Waals surface area contributed by atoms with Gasteiger partial charge < -0.3 is 9.84 Å². The Hall–Kier alpha value is -2.97. The van der Waals surface area contributed by atoms with E-state index >= 15 is 0 Å². The van der Waals surface area contributed by atoms with E-state index in [0.717, 1.165) is 16.9 Å². The van der Waals surface area contributed by atoms with Crippen molar-refractivity contribution in [3.63, 3.8) is 0 Å². The lowest BCUT2D eigenvalue weighted by Gasteiger charge is -2.08. The number of halogens is 1. The topological polar surface area (TPSA) is 85.8 Å². The lowest BCUT2D eigenvalue weighted by atomic mass is 10.3. The van der Waals surface area contributed by atoms with E-state index < -0.39 is 0 Å². The average molecular weight is 414 g/mol. The zero-order valence-electron chi connectivity index (χ0n) is 14.9. The first-order valence-electron chi connectivity index (χ1n) is 8.56. The molecule has 4 rings (SSSR count). The number of carbonyl (C=O) groups excluding carboxylic acids is 1. The Balaban J connectivity index is 1.42. The summed E-state index contributed by atoms with van der Waals surface area (Å²) in [5.41, 5.74) is 2.46. The maximum atomic E-state index is 12.4. The van der Waals surface area contributed by atoms with Crippen molar-refractivity contribution in [3.8, 4) is 17.1 Å². The number of carbonyl (C=O) groups is 1. The van der Waals surface area contributed by atoms with Crippen molar-refractivity contribution >= 4 is 34.7 Å².